The number of aliphatic carboxylic acids is 1. The lowest BCUT2D eigenvalue weighted by Gasteiger charge is -2.18. The summed E-state index contributed by atoms with van der Waals surface area (Å²) in [5, 5.41) is 8.49. The van der Waals surface area contributed by atoms with Gasteiger partial charge in [-0.2, -0.15) is 0 Å². The van der Waals surface area contributed by atoms with Crippen molar-refractivity contribution in [2.45, 2.75) is 39.2 Å². The number of carboxylic acids is 1. The van der Waals surface area contributed by atoms with Gasteiger partial charge < -0.3 is 5.11 Å². The molecular weight excluding hydrogens is 198 g/mol. The van der Waals surface area contributed by atoms with Gasteiger partial charge in [-0.25, -0.2) is 0 Å². The summed E-state index contributed by atoms with van der Waals surface area (Å²) in [5.41, 5.74) is 0. The van der Waals surface area contributed by atoms with Gasteiger partial charge in [0.05, 0.1) is 0 Å². The lowest BCUT2D eigenvalue weighted by atomic mass is 10.0. The molecule has 0 bridgehead atoms. The van der Waals surface area contributed by atoms with E-state index < -0.39 is 11.9 Å². The Morgan fingerprint density at radius 2 is 2.13 bits per heavy atom. The monoisotopic (exact) mass is 213 g/mol. The lowest BCUT2D eigenvalue weighted by Crippen LogP contribution is -2.36. The van der Waals surface area contributed by atoms with Gasteiger partial charge in [0.2, 0.25) is 11.8 Å². The molecule has 0 aliphatic carbocycles. The predicted molar refractivity (Wildman–Crippen MR) is 52.0 cm³/mol. The zero-order chi connectivity index (χ0) is 11.6. The number of carboxylic acid groups (broad SMARTS) is 1. The first-order valence-corrected chi connectivity index (χ1v) is 5.01. The average molecular weight is 213 g/mol. The summed E-state index contributed by atoms with van der Waals surface area (Å²) in [7, 11) is 0. The Bertz CT molecular complexity index is 298. The van der Waals surface area contributed by atoms with E-state index in [0.717, 1.165) is 0 Å². The van der Waals surface area contributed by atoms with Crippen molar-refractivity contribution in [3.05, 3.63) is 0 Å². The van der Waals surface area contributed by atoms with E-state index in [1.807, 2.05) is 0 Å². The summed E-state index contributed by atoms with van der Waals surface area (Å²) in [6, 6.07) is -0.139. The highest BCUT2D eigenvalue weighted by Gasteiger charge is 2.39. The molecule has 0 spiro atoms. The quantitative estimate of drug-likeness (QED) is 0.695. The zero-order valence-electron chi connectivity index (χ0n) is 8.90. The summed E-state index contributed by atoms with van der Waals surface area (Å²) in [4.78, 5) is 34.7. The Hall–Kier alpha value is -1.39. The van der Waals surface area contributed by atoms with Crippen LogP contribution in [0.15, 0.2) is 0 Å². The second kappa shape index (κ2) is 4.42. The SMILES string of the molecule is CC(C)N1C(=O)CC(CCC(=O)O)C1=O. The van der Waals surface area contributed by atoms with E-state index in [9.17, 15) is 14.4 Å². The van der Waals surface area contributed by atoms with Crippen LogP contribution in [-0.4, -0.2) is 33.8 Å². The minimum Gasteiger partial charge on any atom is -0.481 e. The molecule has 5 nitrogen and oxygen atoms in total. The minimum absolute atomic E-state index is 0.0599. The van der Waals surface area contributed by atoms with Crippen LogP contribution in [0.4, 0.5) is 0 Å². The molecule has 1 rings (SSSR count). The van der Waals surface area contributed by atoms with Crippen LogP contribution < -0.4 is 0 Å². The lowest BCUT2D eigenvalue weighted by molar-refractivity contribution is -0.141. The fraction of sp³-hybridized carbons (Fsp3) is 0.700. The summed E-state index contributed by atoms with van der Waals surface area (Å²) in [6.07, 6.45) is 0.350. The maximum atomic E-state index is 11.7. The van der Waals surface area contributed by atoms with Crippen molar-refractivity contribution in [3.63, 3.8) is 0 Å². The number of rotatable bonds is 4. The van der Waals surface area contributed by atoms with Gasteiger partial charge in [-0.05, 0) is 20.3 Å². The topological polar surface area (TPSA) is 74.7 Å². The Morgan fingerprint density at radius 3 is 2.53 bits per heavy atom. The van der Waals surface area contributed by atoms with E-state index in [1.54, 1.807) is 13.8 Å². The summed E-state index contributed by atoms with van der Waals surface area (Å²) < 4.78 is 0. The number of carbonyl (C=O) groups is 3. The smallest absolute Gasteiger partial charge is 0.303 e. The molecular formula is C10H15NO4. The van der Waals surface area contributed by atoms with Gasteiger partial charge in [0, 0.05) is 24.8 Å². The molecule has 1 unspecified atom stereocenters. The fourth-order valence-electron chi connectivity index (χ4n) is 1.78. The zero-order valence-corrected chi connectivity index (χ0v) is 8.90. The molecule has 2 amide bonds. The first kappa shape index (κ1) is 11.7. The maximum absolute atomic E-state index is 11.7. The molecule has 1 N–H and O–H groups in total. The third kappa shape index (κ3) is 2.55. The Morgan fingerprint density at radius 1 is 1.53 bits per heavy atom. The van der Waals surface area contributed by atoms with Crippen molar-refractivity contribution in [2.75, 3.05) is 0 Å². The van der Waals surface area contributed by atoms with Crippen LogP contribution >= 0.6 is 0 Å². The first-order chi connectivity index (χ1) is 6.93. The van der Waals surface area contributed by atoms with Crippen LogP contribution in [0, 0.1) is 5.92 Å². The molecule has 5 heteroatoms. The van der Waals surface area contributed by atoms with Gasteiger partial charge in [0.25, 0.3) is 0 Å². The molecule has 0 saturated carbocycles. The molecule has 0 radical (unpaired) electrons. The van der Waals surface area contributed by atoms with Crippen LogP contribution in [0.25, 0.3) is 0 Å². The molecule has 1 fully saturated rings. The van der Waals surface area contributed by atoms with Gasteiger partial charge in [0.15, 0.2) is 0 Å². The molecule has 1 atom stereocenters. The van der Waals surface area contributed by atoms with Crippen molar-refractivity contribution in [1.82, 2.24) is 4.90 Å². The van der Waals surface area contributed by atoms with E-state index in [1.165, 1.54) is 4.90 Å². The van der Waals surface area contributed by atoms with Crippen molar-refractivity contribution in [2.24, 2.45) is 5.92 Å². The van der Waals surface area contributed by atoms with Gasteiger partial charge in [-0.1, -0.05) is 0 Å². The fourth-order valence-corrected chi connectivity index (χ4v) is 1.78. The molecule has 1 aliphatic rings. The van der Waals surface area contributed by atoms with Crippen molar-refractivity contribution < 1.29 is 19.5 Å². The maximum Gasteiger partial charge on any atom is 0.303 e. The van der Waals surface area contributed by atoms with E-state index in [0.29, 0.717) is 0 Å². The first-order valence-electron chi connectivity index (χ1n) is 5.01. The molecule has 15 heavy (non-hydrogen) atoms. The van der Waals surface area contributed by atoms with E-state index in [2.05, 4.69) is 0 Å². The molecule has 0 aromatic rings. The standard InChI is InChI=1S/C10H15NO4/c1-6(2)11-8(12)5-7(10(11)15)3-4-9(13)14/h6-7H,3-5H2,1-2H3,(H,13,14). The largest absolute Gasteiger partial charge is 0.481 e. The number of carbonyl (C=O) groups excluding carboxylic acids is 2. The summed E-state index contributed by atoms with van der Waals surface area (Å²) in [5.74, 6) is -1.78. The van der Waals surface area contributed by atoms with E-state index >= 15 is 0 Å². The van der Waals surface area contributed by atoms with E-state index in [4.69, 9.17) is 5.11 Å². The van der Waals surface area contributed by atoms with Gasteiger partial charge in [-0.3, -0.25) is 19.3 Å². The highest BCUT2D eigenvalue weighted by atomic mass is 16.4. The van der Waals surface area contributed by atoms with Gasteiger partial charge >= 0.3 is 5.97 Å². The minimum atomic E-state index is -0.932. The Labute approximate surface area is 88.1 Å². The van der Waals surface area contributed by atoms with Crippen LogP contribution in [0.2, 0.25) is 0 Å². The molecule has 84 valence electrons. The highest BCUT2D eigenvalue weighted by Crippen LogP contribution is 2.25. The number of nitrogens with zero attached hydrogens (tertiary/aromatic N) is 1. The highest BCUT2D eigenvalue weighted by molar-refractivity contribution is 6.03. The van der Waals surface area contributed by atoms with E-state index in [-0.39, 0.29) is 37.1 Å². The molecule has 1 heterocycles. The van der Waals surface area contributed by atoms with Crippen molar-refractivity contribution in [1.29, 1.82) is 0 Å². The summed E-state index contributed by atoms with van der Waals surface area (Å²) in [6.45, 7) is 3.55. The second-order valence-electron chi connectivity index (χ2n) is 4.03. The molecule has 1 saturated heterocycles. The molecule has 0 aromatic carbocycles. The van der Waals surface area contributed by atoms with Crippen LogP contribution in [0.5, 0.6) is 0 Å². The molecule has 1 aliphatic heterocycles. The third-order valence-corrected chi connectivity index (χ3v) is 2.50. The van der Waals surface area contributed by atoms with Crippen molar-refractivity contribution in [3.8, 4) is 0 Å². The third-order valence-electron chi connectivity index (χ3n) is 2.50. The number of imide groups is 1. The van der Waals surface area contributed by atoms with Crippen LogP contribution in [0.3, 0.4) is 0 Å². The van der Waals surface area contributed by atoms with Crippen LogP contribution in [0.1, 0.15) is 33.1 Å². The Kier molecular flexibility index (Phi) is 3.44. The normalized spacial score (nSPS) is 21.5. The number of hydrogen-bond acceptors (Lipinski definition) is 3. The second-order valence-corrected chi connectivity index (χ2v) is 4.03. The average Bonchev–Trinajstić information content (AvgIpc) is 2.37. The summed E-state index contributed by atoms with van der Waals surface area (Å²) >= 11 is 0. The van der Waals surface area contributed by atoms with Crippen LogP contribution in [-0.2, 0) is 14.4 Å². The van der Waals surface area contributed by atoms with Gasteiger partial charge in [-0.15, -0.1) is 0 Å². The predicted octanol–water partition coefficient (Wildman–Crippen LogP) is 0.635. The Balaban J connectivity index is 2.61. The number of hydrogen-bond donors (Lipinski definition) is 1. The number of amides is 2. The van der Waals surface area contributed by atoms with Crippen molar-refractivity contribution >= 4 is 17.8 Å². The number of likely N-dealkylation sites (tertiary alicyclic amines) is 1. The van der Waals surface area contributed by atoms with Gasteiger partial charge in [0.1, 0.15) is 0 Å². The molecule has 0 aromatic heterocycles.